The minimum atomic E-state index is -3.70. The summed E-state index contributed by atoms with van der Waals surface area (Å²) in [7, 11) is -2.10. The molecule has 0 aromatic heterocycles. The lowest BCUT2D eigenvalue weighted by molar-refractivity contribution is -0.119. The van der Waals surface area contributed by atoms with Gasteiger partial charge in [-0.1, -0.05) is 18.2 Å². The van der Waals surface area contributed by atoms with Crippen molar-refractivity contribution in [3.05, 3.63) is 59.2 Å². The zero-order chi connectivity index (χ0) is 19.2. The van der Waals surface area contributed by atoms with Crippen LogP contribution in [0.2, 0.25) is 0 Å². The van der Waals surface area contributed by atoms with Gasteiger partial charge in [0.25, 0.3) is 0 Å². The Kier molecular flexibility index (Phi) is 6.76. The molecule has 0 aliphatic rings. The molecular formula is C19H24N2O4S. The van der Waals surface area contributed by atoms with E-state index in [1.807, 2.05) is 38.1 Å². The molecule has 1 amide bonds. The molecule has 0 aliphatic heterocycles. The van der Waals surface area contributed by atoms with Crippen LogP contribution in [0.25, 0.3) is 0 Å². The standard InChI is InChI=1S/C19H24N2O4S/c1-14-4-9-18(12-15(14)2)26(23,24)21-13-19(22)20-11-10-16-5-7-17(25-3)8-6-16/h4-9,12,21H,10-11,13H2,1-3H3,(H,20,22). The molecule has 0 heterocycles. The number of amides is 1. The summed E-state index contributed by atoms with van der Waals surface area (Å²) in [5.74, 6) is 0.407. The normalized spacial score (nSPS) is 11.2. The molecule has 0 atom stereocenters. The van der Waals surface area contributed by atoms with Gasteiger partial charge in [-0.15, -0.1) is 0 Å². The van der Waals surface area contributed by atoms with E-state index in [9.17, 15) is 13.2 Å². The molecule has 2 aromatic rings. The van der Waals surface area contributed by atoms with Crippen LogP contribution in [0.3, 0.4) is 0 Å². The Bertz CT molecular complexity index is 862. The van der Waals surface area contributed by atoms with Crippen LogP contribution >= 0.6 is 0 Å². The summed E-state index contributed by atoms with van der Waals surface area (Å²) in [6.45, 7) is 3.89. The number of methoxy groups -OCH3 is 1. The largest absolute Gasteiger partial charge is 0.497 e. The minimum Gasteiger partial charge on any atom is -0.497 e. The van der Waals surface area contributed by atoms with Crippen LogP contribution in [0, 0.1) is 13.8 Å². The maximum absolute atomic E-state index is 12.3. The molecule has 140 valence electrons. The van der Waals surface area contributed by atoms with Crippen molar-refractivity contribution in [2.24, 2.45) is 0 Å². The zero-order valence-electron chi connectivity index (χ0n) is 15.2. The van der Waals surface area contributed by atoms with Crippen molar-refractivity contribution >= 4 is 15.9 Å². The van der Waals surface area contributed by atoms with Gasteiger partial charge in [-0.25, -0.2) is 13.1 Å². The summed E-state index contributed by atoms with van der Waals surface area (Å²) < 4.78 is 31.9. The molecule has 7 heteroatoms. The molecule has 2 rings (SSSR count). The second-order valence-electron chi connectivity index (χ2n) is 6.02. The Balaban J connectivity index is 1.80. The number of benzene rings is 2. The van der Waals surface area contributed by atoms with E-state index in [1.165, 1.54) is 6.07 Å². The van der Waals surface area contributed by atoms with E-state index >= 15 is 0 Å². The molecule has 2 N–H and O–H groups in total. The number of carbonyl (C=O) groups excluding carboxylic acids is 1. The van der Waals surface area contributed by atoms with E-state index in [0.29, 0.717) is 13.0 Å². The molecule has 0 unspecified atom stereocenters. The van der Waals surface area contributed by atoms with E-state index in [-0.39, 0.29) is 17.3 Å². The number of hydrogen-bond donors (Lipinski definition) is 2. The van der Waals surface area contributed by atoms with Crippen molar-refractivity contribution in [2.75, 3.05) is 20.2 Å². The van der Waals surface area contributed by atoms with Gasteiger partial charge >= 0.3 is 0 Å². The lowest BCUT2D eigenvalue weighted by Gasteiger charge is -2.09. The van der Waals surface area contributed by atoms with Gasteiger partial charge in [0.1, 0.15) is 5.75 Å². The summed E-state index contributed by atoms with van der Waals surface area (Å²) >= 11 is 0. The lowest BCUT2D eigenvalue weighted by atomic mass is 10.1. The number of sulfonamides is 1. The smallest absolute Gasteiger partial charge is 0.241 e. The Morgan fingerprint density at radius 2 is 1.73 bits per heavy atom. The average molecular weight is 376 g/mol. The second kappa shape index (κ2) is 8.82. The first-order chi connectivity index (χ1) is 12.3. The lowest BCUT2D eigenvalue weighted by Crippen LogP contribution is -2.37. The summed E-state index contributed by atoms with van der Waals surface area (Å²) in [4.78, 5) is 12.0. The maximum Gasteiger partial charge on any atom is 0.241 e. The Labute approximate surface area is 154 Å². The van der Waals surface area contributed by atoms with Gasteiger partial charge in [-0.05, 0) is 61.2 Å². The van der Waals surface area contributed by atoms with Gasteiger partial charge < -0.3 is 10.1 Å². The van der Waals surface area contributed by atoms with E-state index in [0.717, 1.165) is 22.4 Å². The number of aryl methyl sites for hydroxylation is 2. The van der Waals surface area contributed by atoms with Crippen LogP contribution in [0.5, 0.6) is 5.75 Å². The van der Waals surface area contributed by atoms with Crippen LogP contribution in [-0.4, -0.2) is 34.5 Å². The van der Waals surface area contributed by atoms with Crippen LogP contribution in [0.15, 0.2) is 47.4 Å². The third kappa shape index (κ3) is 5.57. The van der Waals surface area contributed by atoms with Crippen LogP contribution in [0.4, 0.5) is 0 Å². The fourth-order valence-corrected chi connectivity index (χ4v) is 3.39. The van der Waals surface area contributed by atoms with Gasteiger partial charge in [0.15, 0.2) is 0 Å². The molecule has 6 nitrogen and oxygen atoms in total. The monoisotopic (exact) mass is 376 g/mol. The molecule has 0 saturated heterocycles. The molecular weight excluding hydrogens is 352 g/mol. The predicted molar refractivity (Wildman–Crippen MR) is 101 cm³/mol. The first-order valence-electron chi connectivity index (χ1n) is 8.28. The zero-order valence-corrected chi connectivity index (χ0v) is 16.0. The third-order valence-corrected chi connectivity index (χ3v) is 5.51. The molecule has 0 aliphatic carbocycles. The Morgan fingerprint density at radius 3 is 2.35 bits per heavy atom. The molecule has 0 radical (unpaired) electrons. The summed E-state index contributed by atoms with van der Waals surface area (Å²) in [5, 5.41) is 2.71. The number of ether oxygens (including phenoxy) is 1. The summed E-state index contributed by atoms with van der Waals surface area (Å²) in [5.41, 5.74) is 2.96. The van der Waals surface area contributed by atoms with Gasteiger partial charge in [-0.2, -0.15) is 0 Å². The van der Waals surface area contributed by atoms with Crippen molar-refractivity contribution in [3.8, 4) is 5.75 Å². The second-order valence-corrected chi connectivity index (χ2v) is 7.79. The molecule has 0 fully saturated rings. The number of nitrogens with one attached hydrogen (secondary N) is 2. The topological polar surface area (TPSA) is 84.5 Å². The van der Waals surface area contributed by atoms with Crippen LogP contribution in [-0.2, 0) is 21.2 Å². The van der Waals surface area contributed by atoms with Crippen molar-refractivity contribution < 1.29 is 17.9 Å². The summed E-state index contributed by atoms with van der Waals surface area (Å²) in [6.07, 6.45) is 0.652. The quantitative estimate of drug-likeness (QED) is 0.737. The first-order valence-corrected chi connectivity index (χ1v) is 9.76. The predicted octanol–water partition coefficient (Wildman–Crippen LogP) is 1.95. The molecule has 0 saturated carbocycles. The van der Waals surface area contributed by atoms with Gasteiger partial charge in [-0.3, -0.25) is 4.79 Å². The van der Waals surface area contributed by atoms with Crippen molar-refractivity contribution in [1.29, 1.82) is 0 Å². The first kappa shape index (κ1) is 19.9. The third-order valence-electron chi connectivity index (χ3n) is 4.11. The maximum atomic E-state index is 12.3. The average Bonchev–Trinajstić information content (AvgIpc) is 2.63. The molecule has 0 bridgehead atoms. The van der Waals surface area contributed by atoms with E-state index in [1.54, 1.807) is 19.2 Å². The van der Waals surface area contributed by atoms with E-state index < -0.39 is 10.0 Å². The highest BCUT2D eigenvalue weighted by atomic mass is 32.2. The SMILES string of the molecule is COc1ccc(CCNC(=O)CNS(=O)(=O)c2ccc(C)c(C)c2)cc1. The van der Waals surface area contributed by atoms with E-state index in [4.69, 9.17) is 4.74 Å². The Morgan fingerprint density at radius 1 is 1.04 bits per heavy atom. The fourth-order valence-electron chi connectivity index (χ4n) is 2.33. The highest BCUT2D eigenvalue weighted by Crippen LogP contribution is 2.14. The van der Waals surface area contributed by atoms with Crippen molar-refractivity contribution in [3.63, 3.8) is 0 Å². The van der Waals surface area contributed by atoms with E-state index in [2.05, 4.69) is 10.0 Å². The molecule has 2 aromatic carbocycles. The number of hydrogen-bond acceptors (Lipinski definition) is 4. The van der Waals surface area contributed by atoms with Crippen LogP contribution in [0.1, 0.15) is 16.7 Å². The fraction of sp³-hybridized carbons (Fsp3) is 0.316. The van der Waals surface area contributed by atoms with Gasteiger partial charge in [0, 0.05) is 6.54 Å². The number of carbonyl (C=O) groups is 1. The molecule has 26 heavy (non-hydrogen) atoms. The van der Waals surface area contributed by atoms with Crippen LogP contribution < -0.4 is 14.8 Å². The highest BCUT2D eigenvalue weighted by Gasteiger charge is 2.15. The van der Waals surface area contributed by atoms with Gasteiger partial charge in [0.05, 0.1) is 18.6 Å². The highest BCUT2D eigenvalue weighted by molar-refractivity contribution is 7.89. The van der Waals surface area contributed by atoms with Gasteiger partial charge in [0.2, 0.25) is 15.9 Å². The number of rotatable bonds is 8. The molecule has 0 spiro atoms. The van der Waals surface area contributed by atoms with Crippen molar-refractivity contribution in [2.45, 2.75) is 25.2 Å². The van der Waals surface area contributed by atoms with Crippen molar-refractivity contribution in [1.82, 2.24) is 10.0 Å². The summed E-state index contributed by atoms with van der Waals surface area (Å²) in [6, 6.07) is 12.4. The Hall–Kier alpha value is -2.38. The minimum absolute atomic E-state index is 0.159.